The summed E-state index contributed by atoms with van der Waals surface area (Å²) in [4.78, 5) is 0. The highest BCUT2D eigenvalue weighted by Crippen LogP contribution is 2.46. The molecule has 1 atom stereocenters. The van der Waals surface area contributed by atoms with Gasteiger partial charge in [0.1, 0.15) is 0 Å². The molecule has 0 spiro atoms. The zero-order valence-electron chi connectivity index (χ0n) is 9.53. The fourth-order valence-corrected chi connectivity index (χ4v) is 1.93. The number of hydrogen-bond donors (Lipinski definition) is 2. The first-order valence-electron chi connectivity index (χ1n) is 5.01. The average molecular weight is 226 g/mol. The third-order valence-corrected chi connectivity index (χ3v) is 4.98. The van der Waals surface area contributed by atoms with E-state index in [0.717, 1.165) is 5.56 Å². The lowest BCUT2D eigenvalue weighted by Crippen LogP contribution is -2.30. The molecule has 0 fully saturated rings. The summed E-state index contributed by atoms with van der Waals surface area (Å²) < 4.78 is 12.1. The number of nitrogens with one attached hydrogen (secondary N) is 1. The van der Waals surface area contributed by atoms with Gasteiger partial charge in [0, 0.05) is 11.7 Å². The van der Waals surface area contributed by atoms with E-state index in [1.807, 2.05) is 51.1 Å². The van der Waals surface area contributed by atoms with Crippen molar-refractivity contribution < 1.29 is 4.57 Å². The van der Waals surface area contributed by atoms with Crippen LogP contribution in [0.5, 0.6) is 0 Å². The molecule has 3 nitrogen and oxygen atoms in total. The molecule has 0 saturated heterocycles. The first kappa shape index (κ1) is 12.4. The Morgan fingerprint density at radius 3 is 2.27 bits per heavy atom. The van der Waals surface area contributed by atoms with Gasteiger partial charge >= 0.3 is 0 Å². The standard InChI is InChI=1S/C11H19N2OP/c1-11(2,3)15(12,14)13-9-10-7-5-4-6-8-10/h4-8H,9H2,1-3H3,(H3,12,13,14). The topological polar surface area (TPSA) is 55.1 Å². The quantitative estimate of drug-likeness (QED) is 0.779. The molecule has 0 saturated carbocycles. The van der Waals surface area contributed by atoms with Gasteiger partial charge in [0.2, 0.25) is 7.44 Å². The van der Waals surface area contributed by atoms with Gasteiger partial charge in [-0.1, -0.05) is 51.1 Å². The highest BCUT2D eigenvalue weighted by Gasteiger charge is 2.31. The van der Waals surface area contributed by atoms with Gasteiger partial charge in [0.05, 0.1) is 0 Å². The van der Waals surface area contributed by atoms with Crippen LogP contribution >= 0.6 is 7.44 Å². The van der Waals surface area contributed by atoms with Gasteiger partial charge in [0.15, 0.2) is 0 Å². The van der Waals surface area contributed by atoms with Gasteiger partial charge in [-0.05, 0) is 5.56 Å². The van der Waals surface area contributed by atoms with Crippen molar-refractivity contribution >= 4 is 7.44 Å². The highest BCUT2D eigenvalue weighted by atomic mass is 31.2. The predicted molar refractivity (Wildman–Crippen MR) is 64.8 cm³/mol. The summed E-state index contributed by atoms with van der Waals surface area (Å²) in [5.41, 5.74) is 6.88. The molecule has 0 radical (unpaired) electrons. The molecular formula is C11H19N2OP. The molecule has 0 amide bonds. The van der Waals surface area contributed by atoms with E-state index in [9.17, 15) is 4.57 Å². The highest BCUT2D eigenvalue weighted by molar-refractivity contribution is 7.61. The number of hydrogen-bond acceptors (Lipinski definition) is 1. The fraction of sp³-hybridized carbons (Fsp3) is 0.455. The Balaban J connectivity index is 2.62. The Bertz CT molecular complexity index is 357. The smallest absolute Gasteiger partial charge is 0.214 e. The van der Waals surface area contributed by atoms with Gasteiger partial charge in [-0.15, -0.1) is 0 Å². The van der Waals surface area contributed by atoms with Crippen molar-refractivity contribution in [2.24, 2.45) is 5.50 Å². The monoisotopic (exact) mass is 226 g/mol. The lowest BCUT2D eigenvalue weighted by molar-refractivity contribution is 0.536. The van der Waals surface area contributed by atoms with Gasteiger partial charge in [-0.2, -0.15) is 0 Å². The van der Waals surface area contributed by atoms with Crippen molar-refractivity contribution in [3.05, 3.63) is 35.9 Å². The first-order chi connectivity index (χ1) is 6.83. The average Bonchev–Trinajstić information content (AvgIpc) is 2.15. The van der Waals surface area contributed by atoms with Crippen molar-refractivity contribution in [1.82, 2.24) is 5.09 Å². The summed E-state index contributed by atoms with van der Waals surface area (Å²) in [6.07, 6.45) is 0. The van der Waals surface area contributed by atoms with Gasteiger partial charge in [-0.3, -0.25) is 15.2 Å². The molecule has 84 valence electrons. The van der Waals surface area contributed by atoms with Crippen molar-refractivity contribution in [2.75, 3.05) is 0 Å². The van der Waals surface area contributed by atoms with E-state index in [2.05, 4.69) is 5.09 Å². The summed E-state index contributed by atoms with van der Waals surface area (Å²) in [6.45, 7) is 6.19. The molecule has 1 unspecified atom stereocenters. The van der Waals surface area contributed by atoms with Crippen molar-refractivity contribution in [1.29, 1.82) is 0 Å². The Labute approximate surface area is 91.5 Å². The maximum atomic E-state index is 12.1. The second-order valence-electron chi connectivity index (χ2n) is 4.65. The minimum Gasteiger partial charge on any atom is -0.289 e. The molecule has 1 rings (SSSR count). The Kier molecular flexibility index (Phi) is 3.72. The third-order valence-electron chi connectivity index (χ3n) is 2.36. The molecular weight excluding hydrogens is 207 g/mol. The molecule has 3 N–H and O–H groups in total. The number of benzene rings is 1. The van der Waals surface area contributed by atoms with E-state index in [-0.39, 0.29) is 0 Å². The lowest BCUT2D eigenvalue weighted by atomic mass is 10.2. The Hall–Kier alpha value is -0.630. The molecule has 15 heavy (non-hydrogen) atoms. The minimum absolute atomic E-state index is 0.401. The van der Waals surface area contributed by atoms with Crippen molar-refractivity contribution in [2.45, 2.75) is 32.5 Å². The Morgan fingerprint density at radius 1 is 1.27 bits per heavy atom. The van der Waals surface area contributed by atoms with Crippen molar-refractivity contribution in [3.8, 4) is 0 Å². The van der Waals surface area contributed by atoms with Gasteiger partial charge in [0.25, 0.3) is 0 Å². The molecule has 1 aromatic rings. The number of rotatable bonds is 3. The molecule has 1 aromatic carbocycles. The Morgan fingerprint density at radius 2 is 1.80 bits per heavy atom. The van der Waals surface area contributed by atoms with E-state index in [1.165, 1.54) is 0 Å². The largest absolute Gasteiger partial charge is 0.289 e. The van der Waals surface area contributed by atoms with Gasteiger partial charge < -0.3 is 0 Å². The second kappa shape index (κ2) is 4.48. The van der Waals surface area contributed by atoms with Crippen LogP contribution in [0.25, 0.3) is 0 Å². The van der Waals surface area contributed by atoms with E-state index < -0.39 is 12.6 Å². The van der Waals surface area contributed by atoms with E-state index >= 15 is 0 Å². The van der Waals surface area contributed by atoms with Crippen LogP contribution in [-0.4, -0.2) is 5.16 Å². The second-order valence-corrected chi connectivity index (χ2v) is 7.62. The maximum Gasteiger partial charge on any atom is 0.214 e. The van der Waals surface area contributed by atoms with Crippen LogP contribution in [0, 0.1) is 0 Å². The lowest BCUT2D eigenvalue weighted by Gasteiger charge is -2.27. The van der Waals surface area contributed by atoms with Crippen LogP contribution in [0.3, 0.4) is 0 Å². The molecule has 0 aliphatic heterocycles. The van der Waals surface area contributed by atoms with Crippen LogP contribution in [-0.2, 0) is 11.1 Å². The van der Waals surface area contributed by atoms with E-state index in [0.29, 0.717) is 6.54 Å². The normalized spacial score (nSPS) is 16.0. The van der Waals surface area contributed by atoms with Crippen LogP contribution in [0.2, 0.25) is 0 Å². The predicted octanol–water partition coefficient (Wildman–Crippen LogP) is 2.73. The fourth-order valence-electron chi connectivity index (χ4n) is 1.04. The summed E-state index contributed by atoms with van der Waals surface area (Å²) in [5.74, 6) is 0. The zero-order valence-corrected chi connectivity index (χ0v) is 10.4. The maximum absolute atomic E-state index is 12.1. The molecule has 0 aliphatic carbocycles. The van der Waals surface area contributed by atoms with Crippen LogP contribution < -0.4 is 10.6 Å². The van der Waals surface area contributed by atoms with E-state index in [4.69, 9.17) is 5.50 Å². The SMILES string of the molecule is CC(C)(C)P(N)(=O)NCc1ccccc1. The summed E-state index contributed by atoms with van der Waals surface area (Å²) in [6, 6.07) is 9.83. The first-order valence-corrected chi connectivity index (χ1v) is 6.78. The van der Waals surface area contributed by atoms with Crippen LogP contribution in [0.15, 0.2) is 30.3 Å². The minimum atomic E-state index is -2.79. The van der Waals surface area contributed by atoms with Crippen LogP contribution in [0.4, 0.5) is 0 Å². The zero-order chi connectivity index (χ0) is 11.5. The molecule has 0 bridgehead atoms. The van der Waals surface area contributed by atoms with Gasteiger partial charge in [-0.25, -0.2) is 0 Å². The van der Waals surface area contributed by atoms with Crippen LogP contribution in [0.1, 0.15) is 26.3 Å². The summed E-state index contributed by atoms with van der Waals surface area (Å²) in [7, 11) is -2.79. The molecule has 0 aromatic heterocycles. The summed E-state index contributed by atoms with van der Waals surface area (Å²) >= 11 is 0. The molecule has 0 aliphatic rings. The number of nitrogens with two attached hydrogens (primary N) is 1. The van der Waals surface area contributed by atoms with Crippen molar-refractivity contribution in [3.63, 3.8) is 0 Å². The molecule has 4 heteroatoms. The third kappa shape index (κ3) is 3.45. The van der Waals surface area contributed by atoms with E-state index in [1.54, 1.807) is 0 Å². The molecule has 0 heterocycles. The summed E-state index contributed by atoms with van der Waals surface area (Å²) in [5, 5.41) is 2.55.